The Bertz CT molecular complexity index is 932. The van der Waals surface area contributed by atoms with Gasteiger partial charge in [0.25, 0.3) is 0 Å². The highest BCUT2D eigenvalue weighted by atomic mass is 32.2. The molecule has 0 aliphatic heterocycles. The van der Waals surface area contributed by atoms with Crippen molar-refractivity contribution in [2.45, 2.75) is 9.79 Å². The van der Waals surface area contributed by atoms with Crippen LogP contribution in [0.4, 0.5) is 15.8 Å². The van der Waals surface area contributed by atoms with Crippen molar-refractivity contribution < 1.29 is 14.0 Å². The molecule has 0 aromatic heterocycles. The summed E-state index contributed by atoms with van der Waals surface area (Å²) in [6.45, 7) is 0. The van der Waals surface area contributed by atoms with Crippen LogP contribution in [0.2, 0.25) is 0 Å². The number of benzene rings is 3. The lowest BCUT2D eigenvalue weighted by atomic mass is 10.3. The highest BCUT2D eigenvalue weighted by Crippen LogP contribution is 2.33. The van der Waals surface area contributed by atoms with Gasteiger partial charge >= 0.3 is 11.8 Å². The number of carbonyl (C=O) groups is 2. The Balaban J connectivity index is 1.71. The van der Waals surface area contributed by atoms with Crippen LogP contribution in [0.5, 0.6) is 0 Å². The van der Waals surface area contributed by atoms with Gasteiger partial charge in [-0.1, -0.05) is 54.2 Å². The molecular formula is C20H15FN2O2S. The van der Waals surface area contributed by atoms with Gasteiger partial charge in [-0.2, -0.15) is 0 Å². The van der Waals surface area contributed by atoms with E-state index in [1.165, 1.54) is 30.0 Å². The van der Waals surface area contributed by atoms with Crippen molar-refractivity contribution in [1.82, 2.24) is 0 Å². The number of carbonyl (C=O) groups excluding carboxylic acids is 2. The summed E-state index contributed by atoms with van der Waals surface area (Å²) in [5.41, 5.74) is 0.467. The van der Waals surface area contributed by atoms with E-state index in [1.807, 2.05) is 42.5 Å². The molecule has 0 saturated heterocycles. The second-order valence-electron chi connectivity index (χ2n) is 5.30. The van der Waals surface area contributed by atoms with E-state index in [9.17, 15) is 14.0 Å². The van der Waals surface area contributed by atoms with E-state index in [0.717, 1.165) is 9.79 Å². The Kier molecular flexibility index (Phi) is 5.66. The number of hydrogen-bond acceptors (Lipinski definition) is 3. The minimum absolute atomic E-state index is 0.0420. The monoisotopic (exact) mass is 366 g/mol. The second kappa shape index (κ2) is 8.31. The first-order chi connectivity index (χ1) is 12.6. The predicted molar refractivity (Wildman–Crippen MR) is 101 cm³/mol. The fourth-order valence-corrected chi connectivity index (χ4v) is 3.12. The average Bonchev–Trinajstić information content (AvgIpc) is 2.66. The second-order valence-corrected chi connectivity index (χ2v) is 6.41. The SMILES string of the molecule is O=C(Nc1ccccc1F)C(=O)Nc1ccccc1Sc1ccccc1. The van der Waals surface area contributed by atoms with Crippen LogP contribution in [0.25, 0.3) is 0 Å². The van der Waals surface area contributed by atoms with E-state index in [-0.39, 0.29) is 5.69 Å². The standard InChI is InChI=1S/C20H15FN2O2S/c21-15-10-4-5-11-16(15)22-19(24)20(25)23-17-12-6-7-13-18(17)26-14-8-2-1-3-9-14/h1-13H,(H,22,24)(H,23,25). The molecule has 0 bridgehead atoms. The van der Waals surface area contributed by atoms with Crippen molar-refractivity contribution >= 4 is 35.0 Å². The lowest BCUT2D eigenvalue weighted by molar-refractivity contribution is -0.133. The van der Waals surface area contributed by atoms with Crippen LogP contribution in [0.3, 0.4) is 0 Å². The maximum Gasteiger partial charge on any atom is 0.314 e. The normalized spacial score (nSPS) is 10.2. The topological polar surface area (TPSA) is 58.2 Å². The molecule has 3 rings (SSSR count). The van der Waals surface area contributed by atoms with Crippen LogP contribution in [0, 0.1) is 5.82 Å². The molecule has 0 unspecified atom stereocenters. The zero-order chi connectivity index (χ0) is 18.4. The fraction of sp³-hybridized carbons (Fsp3) is 0. The van der Waals surface area contributed by atoms with Crippen LogP contribution in [-0.4, -0.2) is 11.8 Å². The largest absolute Gasteiger partial charge is 0.317 e. The van der Waals surface area contributed by atoms with Crippen LogP contribution in [0.1, 0.15) is 0 Å². The summed E-state index contributed by atoms with van der Waals surface area (Å²) < 4.78 is 13.6. The molecule has 2 amide bonds. The quantitative estimate of drug-likeness (QED) is 0.666. The Labute approximate surface area is 154 Å². The molecule has 4 nitrogen and oxygen atoms in total. The number of para-hydroxylation sites is 2. The molecule has 0 aliphatic rings. The Morgan fingerprint density at radius 1 is 0.692 bits per heavy atom. The van der Waals surface area contributed by atoms with Gasteiger partial charge in [0, 0.05) is 9.79 Å². The third-order valence-corrected chi connectivity index (χ3v) is 4.52. The van der Waals surface area contributed by atoms with Crippen LogP contribution < -0.4 is 10.6 Å². The summed E-state index contributed by atoms with van der Waals surface area (Å²) in [5.74, 6) is -2.40. The van der Waals surface area contributed by atoms with E-state index in [1.54, 1.807) is 18.2 Å². The van der Waals surface area contributed by atoms with Gasteiger partial charge in [-0.05, 0) is 36.4 Å². The van der Waals surface area contributed by atoms with Crippen molar-refractivity contribution in [2.75, 3.05) is 10.6 Å². The van der Waals surface area contributed by atoms with Gasteiger partial charge in [-0.3, -0.25) is 9.59 Å². The highest BCUT2D eigenvalue weighted by molar-refractivity contribution is 7.99. The summed E-state index contributed by atoms with van der Waals surface area (Å²) in [6.07, 6.45) is 0. The minimum atomic E-state index is -0.936. The number of amides is 2. The molecule has 0 spiro atoms. The molecule has 2 N–H and O–H groups in total. The summed E-state index contributed by atoms with van der Waals surface area (Å²) in [7, 11) is 0. The van der Waals surface area contributed by atoms with Crippen molar-refractivity contribution in [2.24, 2.45) is 0 Å². The van der Waals surface area contributed by atoms with Crippen molar-refractivity contribution in [1.29, 1.82) is 0 Å². The number of halogens is 1. The molecule has 0 radical (unpaired) electrons. The average molecular weight is 366 g/mol. The van der Waals surface area contributed by atoms with E-state index in [4.69, 9.17) is 0 Å². The van der Waals surface area contributed by atoms with Crippen molar-refractivity contribution in [3.8, 4) is 0 Å². The highest BCUT2D eigenvalue weighted by Gasteiger charge is 2.17. The lowest BCUT2D eigenvalue weighted by Gasteiger charge is -2.11. The third kappa shape index (κ3) is 4.49. The summed E-state index contributed by atoms with van der Waals surface area (Å²) in [4.78, 5) is 26.0. The van der Waals surface area contributed by atoms with Crippen molar-refractivity contribution in [3.05, 3.63) is 84.7 Å². The molecule has 6 heteroatoms. The predicted octanol–water partition coefficient (Wildman–Crippen LogP) is 4.55. The van der Waals surface area contributed by atoms with Crippen LogP contribution in [0.15, 0.2) is 88.7 Å². The maximum atomic E-state index is 13.6. The van der Waals surface area contributed by atoms with E-state index >= 15 is 0 Å². The lowest BCUT2D eigenvalue weighted by Crippen LogP contribution is -2.29. The van der Waals surface area contributed by atoms with Gasteiger partial charge in [0.15, 0.2) is 0 Å². The molecule has 0 aliphatic carbocycles. The first-order valence-electron chi connectivity index (χ1n) is 7.82. The molecule has 0 heterocycles. The number of nitrogens with one attached hydrogen (secondary N) is 2. The Hall–Kier alpha value is -3.12. The first kappa shape index (κ1) is 17.7. The van der Waals surface area contributed by atoms with Crippen molar-refractivity contribution in [3.63, 3.8) is 0 Å². The van der Waals surface area contributed by atoms with Gasteiger partial charge in [0.1, 0.15) is 5.82 Å². The maximum absolute atomic E-state index is 13.6. The van der Waals surface area contributed by atoms with Gasteiger partial charge in [0.2, 0.25) is 0 Å². The Morgan fingerprint density at radius 2 is 1.23 bits per heavy atom. The first-order valence-corrected chi connectivity index (χ1v) is 8.64. The number of rotatable bonds is 4. The summed E-state index contributed by atoms with van der Waals surface area (Å²) >= 11 is 1.47. The molecule has 26 heavy (non-hydrogen) atoms. The third-order valence-electron chi connectivity index (χ3n) is 3.43. The van der Waals surface area contributed by atoms with E-state index in [0.29, 0.717) is 5.69 Å². The molecular weight excluding hydrogens is 351 g/mol. The van der Waals surface area contributed by atoms with Crippen LogP contribution in [-0.2, 0) is 9.59 Å². The smallest absolute Gasteiger partial charge is 0.314 e. The van der Waals surface area contributed by atoms with E-state index < -0.39 is 17.6 Å². The van der Waals surface area contributed by atoms with Crippen LogP contribution >= 0.6 is 11.8 Å². The van der Waals surface area contributed by atoms with Gasteiger partial charge in [0.05, 0.1) is 11.4 Å². The summed E-state index contributed by atoms with van der Waals surface area (Å²) in [6, 6.07) is 22.5. The number of hydrogen-bond donors (Lipinski definition) is 2. The van der Waals surface area contributed by atoms with Gasteiger partial charge in [-0.25, -0.2) is 4.39 Å². The zero-order valence-corrected chi connectivity index (χ0v) is 14.4. The van der Waals surface area contributed by atoms with E-state index in [2.05, 4.69) is 10.6 Å². The molecule has 0 saturated carbocycles. The molecule has 130 valence electrons. The summed E-state index contributed by atoms with van der Waals surface area (Å²) in [5, 5.41) is 4.84. The minimum Gasteiger partial charge on any atom is -0.317 e. The number of anilines is 2. The molecule has 3 aromatic rings. The van der Waals surface area contributed by atoms with Gasteiger partial charge in [-0.15, -0.1) is 0 Å². The molecule has 0 atom stereocenters. The Morgan fingerprint density at radius 3 is 1.92 bits per heavy atom. The molecule has 0 fully saturated rings. The zero-order valence-electron chi connectivity index (χ0n) is 13.6. The molecule has 3 aromatic carbocycles. The van der Waals surface area contributed by atoms with Gasteiger partial charge < -0.3 is 10.6 Å². The fourth-order valence-electron chi connectivity index (χ4n) is 2.20.